The highest BCUT2D eigenvalue weighted by Crippen LogP contribution is 2.37. The minimum Gasteiger partial charge on any atom is -0.497 e. The van der Waals surface area contributed by atoms with Gasteiger partial charge in [-0.2, -0.15) is 0 Å². The van der Waals surface area contributed by atoms with Crippen molar-refractivity contribution in [1.29, 1.82) is 0 Å². The molecular formula is C18H16N2O6S2. The number of nitrogens with one attached hydrogen (secondary N) is 1. The Kier molecular flexibility index (Phi) is 4.82. The minimum atomic E-state index is -3.78. The van der Waals surface area contributed by atoms with Gasteiger partial charge in [0, 0.05) is 12.1 Å². The summed E-state index contributed by atoms with van der Waals surface area (Å²) in [5, 5.41) is 2.87. The van der Waals surface area contributed by atoms with Crippen molar-refractivity contribution >= 4 is 42.4 Å². The Balaban J connectivity index is 1.49. The summed E-state index contributed by atoms with van der Waals surface area (Å²) in [6, 6.07) is 9.41. The van der Waals surface area contributed by atoms with Crippen LogP contribution in [0.2, 0.25) is 0 Å². The first-order chi connectivity index (χ1) is 13.4. The van der Waals surface area contributed by atoms with Crippen molar-refractivity contribution in [3.63, 3.8) is 0 Å². The fourth-order valence-electron chi connectivity index (χ4n) is 2.71. The standard InChI is InChI=1S/C18H16N2O6S2/c1-24-11-2-4-12(5-3-11)28(22,23)10-17(21)20-18-19-13-8-14-15(9-16(13)27-18)26-7-6-25-14/h2-5,8-9H,6-7,10H2,1H3,(H,19,20,21). The number of thiazole rings is 1. The van der Waals surface area contributed by atoms with E-state index in [0.717, 1.165) is 4.70 Å². The van der Waals surface area contributed by atoms with Crippen LogP contribution in [0, 0.1) is 0 Å². The Hall–Kier alpha value is -2.85. The van der Waals surface area contributed by atoms with Gasteiger partial charge in [-0.3, -0.25) is 4.79 Å². The number of hydrogen-bond donors (Lipinski definition) is 1. The van der Waals surface area contributed by atoms with Gasteiger partial charge in [0.15, 0.2) is 26.5 Å². The third kappa shape index (κ3) is 3.73. The number of rotatable bonds is 5. The van der Waals surface area contributed by atoms with Crippen molar-refractivity contribution in [2.45, 2.75) is 4.90 Å². The molecule has 0 saturated heterocycles. The molecule has 0 radical (unpaired) electrons. The number of carbonyl (C=O) groups excluding carboxylic acids is 1. The molecule has 0 bridgehead atoms. The molecule has 146 valence electrons. The van der Waals surface area contributed by atoms with Crippen LogP contribution in [-0.2, 0) is 14.6 Å². The smallest absolute Gasteiger partial charge is 0.241 e. The van der Waals surface area contributed by atoms with Gasteiger partial charge in [0.1, 0.15) is 24.7 Å². The number of methoxy groups -OCH3 is 1. The van der Waals surface area contributed by atoms with Crippen molar-refractivity contribution < 1.29 is 27.4 Å². The van der Waals surface area contributed by atoms with E-state index in [0.29, 0.717) is 41.1 Å². The Morgan fingerprint density at radius 1 is 1.18 bits per heavy atom. The molecule has 2 heterocycles. The number of hydrogen-bond acceptors (Lipinski definition) is 8. The average molecular weight is 420 g/mol. The lowest BCUT2D eigenvalue weighted by molar-refractivity contribution is -0.113. The van der Waals surface area contributed by atoms with E-state index < -0.39 is 21.5 Å². The van der Waals surface area contributed by atoms with Gasteiger partial charge in [-0.25, -0.2) is 13.4 Å². The van der Waals surface area contributed by atoms with Crippen LogP contribution in [0.15, 0.2) is 41.3 Å². The molecule has 1 aromatic heterocycles. The fourth-order valence-corrected chi connectivity index (χ4v) is 4.74. The fraction of sp³-hybridized carbons (Fsp3) is 0.222. The molecule has 0 unspecified atom stereocenters. The van der Waals surface area contributed by atoms with Crippen LogP contribution in [-0.4, -0.2) is 45.4 Å². The molecule has 10 heteroatoms. The summed E-state index contributed by atoms with van der Waals surface area (Å²) < 4.78 is 41.7. The second kappa shape index (κ2) is 7.28. The van der Waals surface area contributed by atoms with Crippen LogP contribution < -0.4 is 19.5 Å². The highest BCUT2D eigenvalue weighted by atomic mass is 32.2. The summed E-state index contributed by atoms with van der Waals surface area (Å²) in [7, 11) is -2.29. The molecule has 0 saturated carbocycles. The molecule has 0 fully saturated rings. The van der Waals surface area contributed by atoms with Gasteiger partial charge in [0.05, 0.1) is 22.2 Å². The van der Waals surface area contributed by atoms with Crippen molar-refractivity contribution in [3.05, 3.63) is 36.4 Å². The van der Waals surface area contributed by atoms with E-state index in [-0.39, 0.29) is 4.90 Å². The first-order valence-corrected chi connectivity index (χ1v) is 10.8. The van der Waals surface area contributed by atoms with Gasteiger partial charge >= 0.3 is 0 Å². The number of amides is 1. The van der Waals surface area contributed by atoms with Crippen LogP contribution in [0.4, 0.5) is 5.13 Å². The summed E-state index contributed by atoms with van der Waals surface area (Å²) in [6.45, 7) is 0.944. The summed E-state index contributed by atoms with van der Waals surface area (Å²) in [5.41, 5.74) is 0.641. The molecule has 1 amide bonds. The largest absolute Gasteiger partial charge is 0.497 e. The first kappa shape index (κ1) is 18.5. The molecule has 1 N–H and O–H groups in total. The molecule has 1 aliphatic rings. The van der Waals surface area contributed by atoms with Gasteiger partial charge < -0.3 is 19.5 Å². The molecule has 28 heavy (non-hydrogen) atoms. The zero-order valence-electron chi connectivity index (χ0n) is 14.8. The minimum absolute atomic E-state index is 0.0507. The lowest BCUT2D eigenvalue weighted by atomic mass is 10.3. The normalized spacial score (nSPS) is 13.3. The van der Waals surface area contributed by atoms with E-state index >= 15 is 0 Å². The number of benzene rings is 2. The van der Waals surface area contributed by atoms with Gasteiger partial charge in [0.2, 0.25) is 5.91 Å². The molecular weight excluding hydrogens is 404 g/mol. The topological polar surface area (TPSA) is 104 Å². The van der Waals surface area contributed by atoms with Crippen LogP contribution >= 0.6 is 11.3 Å². The van der Waals surface area contributed by atoms with Gasteiger partial charge in [-0.1, -0.05) is 11.3 Å². The van der Waals surface area contributed by atoms with Crippen LogP contribution in [0.25, 0.3) is 10.2 Å². The SMILES string of the molecule is COc1ccc(S(=O)(=O)CC(=O)Nc2nc3cc4c(cc3s2)OCCO4)cc1. The van der Waals surface area contributed by atoms with Crippen LogP contribution in [0.1, 0.15) is 0 Å². The number of nitrogens with zero attached hydrogens (tertiary/aromatic N) is 1. The van der Waals surface area contributed by atoms with E-state index in [1.165, 1.54) is 42.7 Å². The van der Waals surface area contributed by atoms with Gasteiger partial charge in [-0.05, 0) is 24.3 Å². The molecule has 0 atom stereocenters. The molecule has 0 aliphatic carbocycles. The molecule has 4 rings (SSSR count). The quantitative estimate of drug-likeness (QED) is 0.676. The van der Waals surface area contributed by atoms with Gasteiger partial charge in [-0.15, -0.1) is 0 Å². The monoisotopic (exact) mass is 420 g/mol. The summed E-state index contributed by atoms with van der Waals surface area (Å²) in [4.78, 5) is 16.6. The number of sulfone groups is 1. The van der Waals surface area contributed by atoms with E-state index in [2.05, 4.69) is 10.3 Å². The molecule has 0 spiro atoms. The summed E-state index contributed by atoms with van der Waals surface area (Å²) in [5.74, 6) is 0.421. The highest BCUT2D eigenvalue weighted by molar-refractivity contribution is 7.92. The third-order valence-electron chi connectivity index (χ3n) is 4.04. The predicted octanol–water partition coefficient (Wildman–Crippen LogP) is 2.49. The third-order valence-corrected chi connectivity index (χ3v) is 6.60. The average Bonchev–Trinajstić information content (AvgIpc) is 3.06. The highest BCUT2D eigenvalue weighted by Gasteiger charge is 2.21. The lowest BCUT2D eigenvalue weighted by Crippen LogP contribution is -2.22. The number of anilines is 1. The molecule has 1 aliphatic heterocycles. The maximum Gasteiger partial charge on any atom is 0.241 e. The van der Waals surface area contributed by atoms with E-state index in [1.807, 2.05) is 0 Å². The maximum atomic E-state index is 12.4. The van der Waals surface area contributed by atoms with E-state index in [1.54, 1.807) is 12.1 Å². The Labute approximate surface area is 165 Å². The second-order valence-corrected chi connectivity index (χ2v) is 8.99. The van der Waals surface area contributed by atoms with Crippen LogP contribution in [0.3, 0.4) is 0 Å². The lowest BCUT2D eigenvalue weighted by Gasteiger charge is -2.17. The Morgan fingerprint density at radius 2 is 1.86 bits per heavy atom. The van der Waals surface area contributed by atoms with E-state index in [4.69, 9.17) is 14.2 Å². The zero-order valence-corrected chi connectivity index (χ0v) is 16.4. The number of fused-ring (bicyclic) bond motifs is 2. The Morgan fingerprint density at radius 3 is 2.54 bits per heavy atom. The maximum absolute atomic E-state index is 12.4. The number of aromatic nitrogens is 1. The Bertz CT molecular complexity index is 1100. The van der Waals surface area contributed by atoms with Gasteiger partial charge in [0.25, 0.3) is 0 Å². The number of carbonyl (C=O) groups is 1. The van der Waals surface area contributed by atoms with Crippen molar-refractivity contribution in [3.8, 4) is 17.2 Å². The zero-order chi connectivity index (χ0) is 19.7. The first-order valence-electron chi connectivity index (χ1n) is 8.31. The second-order valence-electron chi connectivity index (χ2n) is 5.97. The summed E-state index contributed by atoms with van der Waals surface area (Å²) in [6.07, 6.45) is 0. The van der Waals surface area contributed by atoms with Crippen molar-refractivity contribution in [1.82, 2.24) is 4.98 Å². The van der Waals surface area contributed by atoms with Crippen molar-refractivity contribution in [2.75, 3.05) is 31.4 Å². The van der Waals surface area contributed by atoms with Crippen molar-refractivity contribution in [2.24, 2.45) is 0 Å². The van der Waals surface area contributed by atoms with E-state index in [9.17, 15) is 13.2 Å². The predicted molar refractivity (Wildman–Crippen MR) is 104 cm³/mol. The van der Waals surface area contributed by atoms with Crippen LogP contribution in [0.5, 0.6) is 17.2 Å². The number of ether oxygens (including phenoxy) is 3. The molecule has 8 nitrogen and oxygen atoms in total. The molecule has 3 aromatic rings. The summed E-state index contributed by atoms with van der Waals surface area (Å²) >= 11 is 1.24. The molecule has 2 aromatic carbocycles.